The van der Waals surface area contributed by atoms with Crippen LogP contribution in [0.4, 0.5) is 28.7 Å². The molecule has 2 aromatic carbocycles. The first kappa shape index (κ1) is 30.1. The molecular weight excluding hydrogens is 597 g/mol. The van der Waals surface area contributed by atoms with Crippen molar-refractivity contribution in [3.8, 4) is 28.5 Å². The van der Waals surface area contributed by atoms with Gasteiger partial charge in [-0.25, -0.2) is 15.0 Å². The summed E-state index contributed by atoms with van der Waals surface area (Å²) >= 11 is 13.1. The van der Waals surface area contributed by atoms with E-state index in [4.69, 9.17) is 37.4 Å². The van der Waals surface area contributed by atoms with Crippen molar-refractivity contribution in [3.63, 3.8) is 0 Å². The summed E-state index contributed by atoms with van der Waals surface area (Å²) in [7, 11) is 2.97. The van der Waals surface area contributed by atoms with Crippen LogP contribution in [0.15, 0.2) is 55.0 Å². The number of rotatable bonds is 12. The van der Waals surface area contributed by atoms with Gasteiger partial charge in [0.25, 0.3) is 5.69 Å². The maximum absolute atomic E-state index is 11.9. The SMILES string of the molecule is COc1cc(OC)c(Cl)c(Nc2ncccc2-c2cc(Nc3ccc(OCCN4CCCC4)cc3[N+](=O)[O-])ncn2)c1Cl. The van der Waals surface area contributed by atoms with E-state index >= 15 is 0 Å². The molecule has 0 radical (unpaired) electrons. The average Bonchev–Trinajstić information content (AvgIpc) is 3.54. The Morgan fingerprint density at radius 1 is 0.977 bits per heavy atom. The van der Waals surface area contributed by atoms with Crippen molar-refractivity contribution in [1.82, 2.24) is 19.9 Å². The maximum atomic E-state index is 11.9. The number of halogens is 2. The van der Waals surface area contributed by atoms with Crippen molar-refractivity contribution in [3.05, 3.63) is 75.1 Å². The van der Waals surface area contributed by atoms with Crippen LogP contribution in [-0.4, -0.2) is 65.2 Å². The zero-order valence-corrected chi connectivity index (χ0v) is 25.0. The third-order valence-corrected chi connectivity index (χ3v) is 7.62. The number of benzene rings is 2. The van der Waals surface area contributed by atoms with E-state index in [1.54, 1.807) is 42.6 Å². The van der Waals surface area contributed by atoms with E-state index in [-0.39, 0.29) is 21.4 Å². The van der Waals surface area contributed by atoms with Gasteiger partial charge >= 0.3 is 0 Å². The molecule has 0 aliphatic carbocycles. The van der Waals surface area contributed by atoms with Gasteiger partial charge in [0.2, 0.25) is 0 Å². The monoisotopic (exact) mass is 625 g/mol. The Balaban J connectivity index is 1.38. The summed E-state index contributed by atoms with van der Waals surface area (Å²) in [6.07, 6.45) is 5.33. The zero-order valence-electron chi connectivity index (χ0n) is 23.5. The molecule has 1 aliphatic rings. The van der Waals surface area contributed by atoms with Gasteiger partial charge in [0.05, 0.1) is 36.6 Å². The molecule has 4 aromatic rings. The van der Waals surface area contributed by atoms with E-state index < -0.39 is 4.92 Å². The Kier molecular flexibility index (Phi) is 9.60. The Morgan fingerprint density at radius 3 is 2.42 bits per heavy atom. The first-order valence-corrected chi connectivity index (χ1v) is 14.2. The summed E-state index contributed by atoms with van der Waals surface area (Å²) in [6, 6.07) is 11.5. The summed E-state index contributed by atoms with van der Waals surface area (Å²) in [5.74, 6) is 1.89. The first-order chi connectivity index (χ1) is 20.9. The highest BCUT2D eigenvalue weighted by Gasteiger charge is 2.21. The molecule has 12 nitrogen and oxygen atoms in total. The number of likely N-dealkylation sites (tertiary alicyclic amines) is 1. The number of nitro groups is 1. The molecule has 0 bridgehead atoms. The van der Waals surface area contributed by atoms with Crippen LogP contribution in [0.5, 0.6) is 17.2 Å². The van der Waals surface area contributed by atoms with Crippen molar-refractivity contribution in [2.45, 2.75) is 12.8 Å². The normalized spacial score (nSPS) is 13.0. The number of nitro benzene ring substituents is 1. The number of methoxy groups -OCH3 is 2. The summed E-state index contributed by atoms with van der Waals surface area (Å²) in [5.41, 5.74) is 1.54. The van der Waals surface area contributed by atoms with Crippen molar-refractivity contribution in [2.24, 2.45) is 0 Å². The number of anilines is 4. The minimum Gasteiger partial charge on any atom is -0.495 e. The minimum atomic E-state index is -0.462. The van der Waals surface area contributed by atoms with E-state index in [1.165, 1.54) is 39.5 Å². The van der Waals surface area contributed by atoms with E-state index in [2.05, 4.69) is 30.5 Å². The number of hydrogen-bond donors (Lipinski definition) is 2. The van der Waals surface area contributed by atoms with E-state index in [9.17, 15) is 10.1 Å². The van der Waals surface area contributed by atoms with Gasteiger partial charge in [-0.3, -0.25) is 15.0 Å². The predicted molar refractivity (Wildman–Crippen MR) is 166 cm³/mol. The van der Waals surface area contributed by atoms with Gasteiger partial charge in [-0.2, -0.15) is 0 Å². The largest absolute Gasteiger partial charge is 0.495 e. The van der Waals surface area contributed by atoms with Crippen LogP contribution in [0.1, 0.15) is 12.8 Å². The van der Waals surface area contributed by atoms with E-state index in [0.29, 0.717) is 52.4 Å². The lowest BCUT2D eigenvalue weighted by molar-refractivity contribution is -0.384. The topological polar surface area (TPSA) is 137 Å². The molecule has 0 atom stereocenters. The van der Waals surface area contributed by atoms with Gasteiger partial charge in [-0.1, -0.05) is 23.2 Å². The number of ether oxygens (including phenoxy) is 3. The molecule has 0 spiro atoms. The smallest absolute Gasteiger partial charge is 0.296 e. The second kappa shape index (κ2) is 13.7. The Morgan fingerprint density at radius 2 is 1.72 bits per heavy atom. The first-order valence-electron chi connectivity index (χ1n) is 13.4. The van der Waals surface area contributed by atoms with Gasteiger partial charge in [0, 0.05) is 30.4 Å². The van der Waals surface area contributed by atoms with Crippen molar-refractivity contribution in [2.75, 3.05) is 51.1 Å². The standard InChI is InChI=1S/C29H29Cl2N7O5/c1-41-23-16-24(42-2)27(31)28(26(23)30)36-29-19(6-5-9-32-29)21-15-25(34-17-33-21)35-20-8-7-18(14-22(20)38(39)40)43-13-12-37-10-3-4-11-37/h5-9,14-17H,3-4,10-13H2,1-2H3,(H,32,36)(H,33,34,35). The highest BCUT2D eigenvalue weighted by atomic mass is 35.5. The van der Waals surface area contributed by atoms with Crippen LogP contribution in [0.25, 0.3) is 11.3 Å². The van der Waals surface area contributed by atoms with Gasteiger partial charge in [-0.15, -0.1) is 0 Å². The van der Waals surface area contributed by atoms with E-state index in [0.717, 1.165) is 19.6 Å². The van der Waals surface area contributed by atoms with Crippen molar-refractivity contribution >= 4 is 51.9 Å². The summed E-state index contributed by atoms with van der Waals surface area (Å²) in [6.45, 7) is 3.36. The lowest BCUT2D eigenvalue weighted by Crippen LogP contribution is -2.25. The van der Waals surface area contributed by atoms with Gasteiger partial charge in [0.1, 0.15) is 57.6 Å². The van der Waals surface area contributed by atoms with Gasteiger partial charge in [0.15, 0.2) is 0 Å². The highest BCUT2D eigenvalue weighted by Crippen LogP contribution is 2.46. The number of nitrogens with zero attached hydrogens (tertiary/aromatic N) is 5. The lowest BCUT2D eigenvalue weighted by Gasteiger charge is -2.17. The summed E-state index contributed by atoms with van der Waals surface area (Å²) in [5, 5.41) is 18.6. The van der Waals surface area contributed by atoms with Gasteiger partial charge < -0.3 is 24.8 Å². The molecule has 3 heterocycles. The quantitative estimate of drug-likeness (QED) is 0.128. The van der Waals surface area contributed by atoms with Crippen LogP contribution in [0.2, 0.25) is 10.0 Å². The van der Waals surface area contributed by atoms with Gasteiger partial charge in [-0.05, 0) is 50.2 Å². The van der Waals surface area contributed by atoms with Crippen LogP contribution >= 0.6 is 23.2 Å². The minimum absolute atomic E-state index is 0.140. The molecule has 2 N–H and O–H groups in total. The maximum Gasteiger partial charge on any atom is 0.296 e. The van der Waals surface area contributed by atoms with Crippen LogP contribution in [-0.2, 0) is 0 Å². The molecule has 2 aromatic heterocycles. The number of pyridine rings is 1. The second-order valence-corrected chi connectivity index (χ2v) is 10.3. The zero-order chi connectivity index (χ0) is 30.3. The fraction of sp³-hybridized carbons (Fsp3) is 0.276. The molecule has 224 valence electrons. The molecule has 43 heavy (non-hydrogen) atoms. The molecular formula is C29H29Cl2N7O5. The molecule has 1 aliphatic heterocycles. The Labute approximate surface area is 258 Å². The molecule has 1 fully saturated rings. The Hall–Kier alpha value is -4.39. The van der Waals surface area contributed by atoms with E-state index in [1.807, 2.05) is 0 Å². The summed E-state index contributed by atoms with van der Waals surface area (Å²) in [4.78, 5) is 26.9. The second-order valence-electron chi connectivity index (χ2n) is 9.56. The van der Waals surface area contributed by atoms with Crippen LogP contribution in [0, 0.1) is 10.1 Å². The third kappa shape index (κ3) is 6.99. The predicted octanol–water partition coefficient (Wildman–Crippen LogP) is 6.73. The molecule has 14 heteroatoms. The third-order valence-electron chi connectivity index (χ3n) is 6.87. The molecule has 5 rings (SSSR count). The number of aromatic nitrogens is 3. The molecule has 1 saturated heterocycles. The Bertz CT molecular complexity index is 1590. The van der Waals surface area contributed by atoms with Crippen molar-refractivity contribution in [1.29, 1.82) is 0 Å². The fourth-order valence-electron chi connectivity index (χ4n) is 4.69. The molecule has 0 unspecified atom stereocenters. The number of hydrogen-bond acceptors (Lipinski definition) is 11. The molecule has 0 amide bonds. The van der Waals surface area contributed by atoms with Crippen molar-refractivity contribution < 1.29 is 19.1 Å². The molecule has 0 saturated carbocycles. The van der Waals surface area contributed by atoms with Crippen LogP contribution < -0.4 is 24.8 Å². The highest BCUT2D eigenvalue weighted by molar-refractivity contribution is 6.41. The average molecular weight is 627 g/mol. The van der Waals surface area contributed by atoms with Crippen LogP contribution in [0.3, 0.4) is 0 Å². The fourth-order valence-corrected chi connectivity index (χ4v) is 5.29. The lowest BCUT2D eigenvalue weighted by atomic mass is 10.1. The number of nitrogens with one attached hydrogen (secondary N) is 2. The summed E-state index contributed by atoms with van der Waals surface area (Å²) < 4.78 is 16.5.